The first-order valence-electron chi connectivity index (χ1n) is 14.8. The van der Waals surface area contributed by atoms with Gasteiger partial charge < -0.3 is 23.4 Å². The van der Waals surface area contributed by atoms with E-state index >= 15 is 0 Å². The number of furan rings is 1. The lowest BCUT2D eigenvalue weighted by Gasteiger charge is -2.29. The summed E-state index contributed by atoms with van der Waals surface area (Å²) < 4.78 is 72.7. The average Bonchev–Trinajstić information content (AvgIpc) is 3.49. The van der Waals surface area contributed by atoms with Crippen LogP contribution in [-0.2, 0) is 30.8 Å². The predicted molar refractivity (Wildman–Crippen MR) is 171 cm³/mol. The Morgan fingerprint density at radius 3 is 2.62 bits per heavy atom. The number of hydrogen-bond acceptors (Lipinski definition) is 9. The Morgan fingerprint density at radius 1 is 1.11 bits per heavy atom. The molecule has 2 aromatic carbocycles. The van der Waals surface area contributed by atoms with Gasteiger partial charge in [-0.1, -0.05) is 31.8 Å². The molecule has 0 saturated carbocycles. The summed E-state index contributed by atoms with van der Waals surface area (Å²) >= 11 is 0. The van der Waals surface area contributed by atoms with E-state index < -0.39 is 29.9 Å². The molecule has 2 aliphatic rings. The van der Waals surface area contributed by atoms with Crippen molar-refractivity contribution in [3.63, 3.8) is 0 Å². The molecule has 242 valence electrons. The van der Waals surface area contributed by atoms with Gasteiger partial charge in [0.1, 0.15) is 36.2 Å². The van der Waals surface area contributed by atoms with E-state index in [0.717, 1.165) is 35.1 Å². The first-order valence-corrected chi connectivity index (χ1v) is 20.0. The molecule has 0 radical (unpaired) electrons. The van der Waals surface area contributed by atoms with Crippen LogP contribution >= 0.6 is 0 Å². The molecule has 1 saturated heterocycles. The lowest BCUT2D eigenvalue weighted by molar-refractivity contribution is 0.0435. The van der Waals surface area contributed by atoms with Gasteiger partial charge in [0.15, 0.2) is 0 Å². The van der Waals surface area contributed by atoms with Crippen molar-refractivity contribution in [3.8, 4) is 16.9 Å². The second-order valence-corrected chi connectivity index (χ2v) is 19.5. The van der Waals surface area contributed by atoms with Crippen LogP contribution in [0.3, 0.4) is 0 Å². The molecule has 0 spiro atoms. The van der Waals surface area contributed by atoms with E-state index in [0.29, 0.717) is 37.7 Å². The number of fused-ring (bicyclic) bond motifs is 3. The first kappa shape index (κ1) is 32.9. The Bertz CT molecular complexity index is 1660. The van der Waals surface area contributed by atoms with Crippen LogP contribution in [0.25, 0.3) is 17.2 Å². The zero-order valence-corrected chi connectivity index (χ0v) is 27.8. The minimum Gasteiger partial charge on any atom is -0.484 e. The Balaban J connectivity index is 1.58. The number of rotatable bonds is 12. The minimum absolute atomic E-state index is 0.0214. The van der Waals surface area contributed by atoms with Crippen LogP contribution in [-0.4, -0.2) is 80.7 Å². The molecule has 13 heteroatoms. The van der Waals surface area contributed by atoms with E-state index in [1.807, 2.05) is 6.08 Å². The van der Waals surface area contributed by atoms with Crippen molar-refractivity contribution in [1.82, 2.24) is 4.90 Å². The summed E-state index contributed by atoms with van der Waals surface area (Å²) in [5, 5.41) is 0. The normalized spacial score (nSPS) is 15.4. The number of morpholine rings is 1. The fourth-order valence-electron chi connectivity index (χ4n) is 5.18. The largest absolute Gasteiger partial charge is 0.484 e. The van der Waals surface area contributed by atoms with Crippen LogP contribution in [0.2, 0.25) is 25.7 Å². The molecule has 10 nitrogen and oxygen atoms in total. The number of halogens is 1. The van der Waals surface area contributed by atoms with Crippen molar-refractivity contribution in [2.45, 2.75) is 37.2 Å². The fraction of sp³-hybridized carbons (Fsp3) is 0.406. The molecule has 0 aliphatic carbocycles. The fourth-order valence-corrected chi connectivity index (χ4v) is 7.46. The van der Waals surface area contributed by atoms with E-state index in [4.69, 9.17) is 23.4 Å². The third kappa shape index (κ3) is 7.50. The zero-order chi connectivity index (χ0) is 32.2. The molecular formula is C32H39FN2O8SSi. The van der Waals surface area contributed by atoms with E-state index in [1.54, 1.807) is 18.2 Å². The Hall–Kier alpha value is -3.49. The molecular weight excluding hydrogens is 620 g/mol. The second kappa shape index (κ2) is 13.9. The standard InChI is InChI=1S/C32H39FN2O8SSi/c1-39-32(36)30-27(9-8-26-25-11-15-42-28(25)21-43-31(26)30)35(22-41-18-19-45(2,3)4)44(37,38)29-10-7-24(33)20-23(29)6-5-12-34-13-16-40-17-14-34/h5-11,15,20H,12-14,16-19,21-22H2,1-4H3. The van der Waals surface area contributed by atoms with Gasteiger partial charge in [0, 0.05) is 45.4 Å². The van der Waals surface area contributed by atoms with Crippen molar-refractivity contribution in [2.24, 2.45) is 0 Å². The molecule has 5 rings (SSSR count). The van der Waals surface area contributed by atoms with Crippen LogP contribution in [0.15, 0.2) is 58.1 Å². The summed E-state index contributed by atoms with van der Waals surface area (Å²) in [4.78, 5) is 15.4. The molecule has 0 unspecified atom stereocenters. The van der Waals surface area contributed by atoms with Crippen molar-refractivity contribution in [2.75, 3.05) is 57.6 Å². The van der Waals surface area contributed by atoms with Gasteiger partial charge in [-0.05, 0) is 48.0 Å². The first-order chi connectivity index (χ1) is 21.5. The van der Waals surface area contributed by atoms with E-state index in [1.165, 1.54) is 31.6 Å². The monoisotopic (exact) mass is 658 g/mol. The number of methoxy groups -OCH3 is 1. The third-order valence-corrected chi connectivity index (χ3v) is 11.2. The van der Waals surface area contributed by atoms with Gasteiger partial charge in [0.25, 0.3) is 10.0 Å². The number of nitrogens with zero attached hydrogens (tertiary/aromatic N) is 2. The van der Waals surface area contributed by atoms with Crippen molar-refractivity contribution in [1.29, 1.82) is 0 Å². The molecule has 0 N–H and O–H groups in total. The molecule has 1 aromatic heterocycles. The van der Waals surface area contributed by atoms with Gasteiger partial charge in [0.05, 0.1) is 37.2 Å². The van der Waals surface area contributed by atoms with Crippen LogP contribution in [0.1, 0.15) is 21.7 Å². The third-order valence-electron chi connectivity index (χ3n) is 7.69. The highest BCUT2D eigenvalue weighted by molar-refractivity contribution is 7.93. The summed E-state index contributed by atoms with van der Waals surface area (Å²) in [5.41, 5.74) is 1.44. The smallest absolute Gasteiger partial charge is 0.343 e. The molecule has 2 aliphatic heterocycles. The second-order valence-electron chi connectivity index (χ2n) is 12.1. The topological polar surface area (TPSA) is 108 Å². The van der Waals surface area contributed by atoms with Crippen LogP contribution in [0, 0.1) is 5.82 Å². The number of benzene rings is 2. The number of hydrogen-bond donors (Lipinski definition) is 0. The number of carbonyl (C=O) groups is 1. The molecule has 0 bridgehead atoms. The number of anilines is 1. The number of esters is 1. The minimum atomic E-state index is -4.43. The lowest BCUT2D eigenvalue weighted by atomic mass is 9.98. The van der Waals surface area contributed by atoms with Gasteiger partial charge in [-0.3, -0.25) is 4.90 Å². The number of sulfonamides is 1. The molecule has 1 fully saturated rings. The van der Waals surface area contributed by atoms with Crippen LogP contribution < -0.4 is 9.04 Å². The number of carbonyl (C=O) groups excluding carboxylic acids is 1. The summed E-state index contributed by atoms with van der Waals surface area (Å²) in [6.45, 7) is 9.86. The number of ether oxygens (including phenoxy) is 4. The van der Waals surface area contributed by atoms with E-state index in [9.17, 15) is 17.6 Å². The Kier molecular flexibility index (Phi) is 10.1. The van der Waals surface area contributed by atoms with Crippen LogP contribution in [0.5, 0.6) is 5.75 Å². The summed E-state index contributed by atoms with van der Waals surface area (Å²) in [7, 11) is -4.71. The Morgan fingerprint density at radius 2 is 1.89 bits per heavy atom. The molecule has 45 heavy (non-hydrogen) atoms. The molecule has 3 aromatic rings. The van der Waals surface area contributed by atoms with Gasteiger partial charge >= 0.3 is 5.97 Å². The van der Waals surface area contributed by atoms with Gasteiger partial charge in [0.2, 0.25) is 0 Å². The molecule has 0 atom stereocenters. The highest BCUT2D eigenvalue weighted by Gasteiger charge is 2.35. The van der Waals surface area contributed by atoms with Crippen LogP contribution in [0.4, 0.5) is 10.1 Å². The SMILES string of the molecule is COC(=O)c1c(N(COCC[Si](C)(C)C)S(=O)(=O)c2ccc(F)cc2C=CCN2CCOCC2)ccc2c1OCc1occc1-2. The van der Waals surface area contributed by atoms with Gasteiger partial charge in [-0.2, -0.15) is 0 Å². The maximum Gasteiger partial charge on any atom is 0.343 e. The maximum absolute atomic E-state index is 14.6. The highest BCUT2D eigenvalue weighted by Crippen LogP contribution is 2.45. The predicted octanol–water partition coefficient (Wildman–Crippen LogP) is 5.62. The van der Waals surface area contributed by atoms with Crippen molar-refractivity contribution in [3.05, 3.63) is 71.4 Å². The van der Waals surface area contributed by atoms with Gasteiger partial charge in [-0.25, -0.2) is 21.9 Å². The summed E-state index contributed by atoms with van der Waals surface area (Å²) in [5.74, 6) is -0.586. The summed E-state index contributed by atoms with van der Waals surface area (Å²) in [6, 6.07) is 9.31. The molecule has 3 heterocycles. The van der Waals surface area contributed by atoms with E-state index in [-0.39, 0.29) is 40.8 Å². The average molecular weight is 659 g/mol. The Labute approximate surface area is 264 Å². The van der Waals surface area contributed by atoms with Gasteiger partial charge in [-0.15, -0.1) is 0 Å². The zero-order valence-electron chi connectivity index (χ0n) is 26.0. The van der Waals surface area contributed by atoms with Crippen molar-refractivity contribution >= 4 is 35.8 Å². The molecule has 0 amide bonds. The maximum atomic E-state index is 14.6. The lowest BCUT2D eigenvalue weighted by Crippen LogP contribution is -2.36. The summed E-state index contributed by atoms with van der Waals surface area (Å²) in [6.07, 6.45) is 4.94. The van der Waals surface area contributed by atoms with Crippen molar-refractivity contribution < 1.29 is 41.0 Å². The van der Waals surface area contributed by atoms with E-state index in [2.05, 4.69) is 24.5 Å². The highest BCUT2D eigenvalue weighted by atomic mass is 32.2. The quantitative estimate of drug-likeness (QED) is 0.106.